The number of hydrogen-bond acceptors (Lipinski definition) is 2. The van der Waals surface area contributed by atoms with E-state index in [9.17, 15) is 0 Å². The summed E-state index contributed by atoms with van der Waals surface area (Å²) >= 11 is 12.1. The molecule has 0 amide bonds. The van der Waals surface area contributed by atoms with Crippen molar-refractivity contribution in [3.05, 3.63) is 58.2 Å². The lowest BCUT2D eigenvalue weighted by Crippen LogP contribution is -2.09. The van der Waals surface area contributed by atoms with Gasteiger partial charge < -0.3 is 5.32 Å². The molecule has 1 atom stereocenters. The van der Waals surface area contributed by atoms with Crippen molar-refractivity contribution in [1.82, 2.24) is 10.2 Å². The van der Waals surface area contributed by atoms with Gasteiger partial charge in [0.05, 0.1) is 27.8 Å². The first kappa shape index (κ1) is 14.2. The topological polar surface area (TPSA) is 40.7 Å². The van der Waals surface area contributed by atoms with E-state index < -0.39 is 0 Å². The van der Waals surface area contributed by atoms with Gasteiger partial charge in [-0.2, -0.15) is 5.10 Å². The van der Waals surface area contributed by atoms with Crippen LogP contribution in [0, 0.1) is 0 Å². The minimum atomic E-state index is 0.184. The second kappa shape index (κ2) is 5.96. The van der Waals surface area contributed by atoms with Gasteiger partial charge in [0.1, 0.15) is 0 Å². The van der Waals surface area contributed by atoms with Crippen molar-refractivity contribution in [2.45, 2.75) is 19.4 Å². The van der Waals surface area contributed by atoms with E-state index in [1.54, 1.807) is 0 Å². The molecule has 0 aliphatic carbocycles. The van der Waals surface area contributed by atoms with Crippen LogP contribution in [-0.4, -0.2) is 10.2 Å². The summed E-state index contributed by atoms with van der Waals surface area (Å²) in [5, 5.41) is 12.8. The maximum absolute atomic E-state index is 6.11. The number of fused-ring (bicyclic) bond motifs is 1. The molecule has 1 aromatic heterocycles. The van der Waals surface area contributed by atoms with Crippen LogP contribution in [0.15, 0.2) is 42.6 Å². The molecule has 5 heteroatoms. The summed E-state index contributed by atoms with van der Waals surface area (Å²) < 4.78 is 0. The fourth-order valence-corrected chi connectivity index (χ4v) is 2.69. The molecule has 0 aliphatic heterocycles. The van der Waals surface area contributed by atoms with Crippen LogP contribution in [0.3, 0.4) is 0 Å². The Morgan fingerprint density at radius 1 is 1.14 bits per heavy atom. The predicted octanol–water partition coefficient (Wildman–Crippen LogP) is 5.43. The number of hydrogen-bond donors (Lipinski definition) is 2. The molecule has 0 bridgehead atoms. The van der Waals surface area contributed by atoms with Gasteiger partial charge in [-0.3, -0.25) is 5.10 Å². The Bertz CT molecular complexity index is 767. The summed E-state index contributed by atoms with van der Waals surface area (Å²) in [6.45, 7) is 2.14. The van der Waals surface area contributed by atoms with Crippen molar-refractivity contribution in [3.63, 3.8) is 0 Å². The van der Waals surface area contributed by atoms with Crippen LogP contribution in [0.1, 0.15) is 24.9 Å². The largest absolute Gasteiger partial charge is 0.378 e. The van der Waals surface area contributed by atoms with Gasteiger partial charge in [0.25, 0.3) is 0 Å². The molecule has 3 nitrogen and oxygen atoms in total. The molecule has 1 heterocycles. The van der Waals surface area contributed by atoms with Crippen molar-refractivity contribution in [3.8, 4) is 0 Å². The highest BCUT2D eigenvalue weighted by atomic mass is 35.5. The lowest BCUT2D eigenvalue weighted by Gasteiger charge is -2.19. The van der Waals surface area contributed by atoms with Crippen LogP contribution in [-0.2, 0) is 0 Å². The number of nitrogens with one attached hydrogen (secondary N) is 2. The Hall–Kier alpha value is -1.71. The number of nitrogens with zero attached hydrogens (tertiary/aromatic N) is 1. The third-order valence-corrected chi connectivity index (χ3v) is 4.27. The van der Waals surface area contributed by atoms with Crippen molar-refractivity contribution in [1.29, 1.82) is 0 Å². The molecular formula is C16H15Cl2N3. The van der Waals surface area contributed by atoms with Gasteiger partial charge in [-0.15, -0.1) is 0 Å². The quantitative estimate of drug-likeness (QED) is 0.672. The predicted molar refractivity (Wildman–Crippen MR) is 89.2 cm³/mol. The third-order valence-electron chi connectivity index (χ3n) is 3.54. The smallest absolute Gasteiger partial charge is 0.0651 e. The number of aromatic amines is 1. The van der Waals surface area contributed by atoms with Crippen LogP contribution in [0.25, 0.3) is 10.9 Å². The summed E-state index contributed by atoms with van der Waals surface area (Å²) in [7, 11) is 0. The molecule has 1 unspecified atom stereocenters. The first-order valence-corrected chi connectivity index (χ1v) is 7.57. The second-order valence-electron chi connectivity index (χ2n) is 4.95. The van der Waals surface area contributed by atoms with Crippen molar-refractivity contribution in [2.75, 3.05) is 5.32 Å². The zero-order valence-electron chi connectivity index (χ0n) is 11.5. The molecule has 0 saturated carbocycles. The van der Waals surface area contributed by atoms with E-state index in [4.69, 9.17) is 23.2 Å². The van der Waals surface area contributed by atoms with Crippen LogP contribution in [0.4, 0.5) is 5.69 Å². The van der Waals surface area contributed by atoms with Crippen molar-refractivity contribution < 1.29 is 0 Å². The third kappa shape index (κ3) is 2.99. The summed E-state index contributed by atoms with van der Waals surface area (Å²) in [5.74, 6) is 0. The monoisotopic (exact) mass is 319 g/mol. The van der Waals surface area contributed by atoms with E-state index in [1.807, 2.05) is 36.5 Å². The SMILES string of the molecule is CCC(Nc1ccc2[nH]ncc2c1)c1ccc(Cl)c(Cl)c1. The normalized spacial score (nSPS) is 12.5. The highest BCUT2D eigenvalue weighted by Gasteiger charge is 2.11. The molecule has 3 aromatic rings. The average molecular weight is 320 g/mol. The Kier molecular flexibility index (Phi) is 4.04. The van der Waals surface area contributed by atoms with E-state index in [0.717, 1.165) is 28.6 Å². The maximum Gasteiger partial charge on any atom is 0.0651 e. The number of aromatic nitrogens is 2. The first-order valence-electron chi connectivity index (χ1n) is 6.82. The number of halogens is 2. The Morgan fingerprint density at radius 3 is 2.76 bits per heavy atom. The molecule has 2 aromatic carbocycles. The van der Waals surface area contributed by atoms with Gasteiger partial charge in [-0.05, 0) is 42.3 Å². The average Bonchev–Trinajstić information content (AvgIpc) is 2.95. The molecule has 3 rings (SSSR count). The highest BCUT2D eigenvalue weighted by molar-refractivity contribution is 6.42. The van der Waals surface area contributed by atoms with Gasteiger partial charge in [0.2, 0.25) is 0 Å². The van der Waals surface area contributed by atoms with Gasteiger partial charge in [-0.1, -0.05) is 36.2 Å². The fraction of sp³-hybridized carbons (Fsp3) is 0.188. The molecular weight excluding hydrogens is 305 g/mol. The Labute approximate surface area is 133 Å². The number of H-pyrrole nitrogens is 1. The molecule has 0 saturated heterocycles. The lowest BCUT2D eigenvalue weighted by atomic mass is 10.0. The van der Waals surface area contributed by atoms with E-state index in [-0.39, 0.29) is 6.04 Å². The molecule has 108 valence electrons. The summed E-state index contributed by atoms with van der Waals surface area (Å²) in [5.41, 5.74) is 3.21. The minimum absolute atomic E-state index is 0.184. The maximum atomic E-state index is 6.11. The van der Waals surface area contributed by atoms with Gasteiger partial charge in [0.15, 0.2) is 0 Å². The lowest BCUT2D eigenvalue weighted by molar-refractivity contribution is 0.750. The van der Waals surface area contributed by atoms with Gasteiger partial charge >= 0.3 is 0 Å². The van der Waals surface area contributed by atoms with Crippen LogP contribution < -0.4 is 5.32 Å². The van der Waals surface area contributed by atoms with E-state index in [0.29, 0.717) is 10.0 Å². The van der Waals surface area contributed by atoms with Gasteiger partial charge in [-0.25, -0.2) is 0 Å². The van der Waals surface area contributed by atoms with E-state index >= 15 is 0 Å². The summed E-state index contributed by atoms with van der Waals surface area (Å²) in [6, 6.07) is 12.1. The molecule has 0 aliphatic rings. The van der Waals surface area contributed by atoms with E-state index in [2.05, 4.69) is 28.5 Å². The fourth-order valence-electron chi connectivity index (χ4n) is 2.38. The Morgan fingerprint density at radius 2 is 2.00 bits per heavy atom. The van der Waals surface area contributed by atoms with E-state index in [1.165, 1.54) is 0 Å². The number of benzene rings is 2. The molecule has 0 radical (unpaired) electrons. The van der Waals surface area contributed by atoms with Crippen LogP contribution in [0.5, 0.6) is 0 Å². The number of anilines is 1. The first-order chi connectivity index (χ1) is 10.2. The zero-order valence-corrected chi connectivity index (χ0v) is 13.0. The van der Waals surface area contributed by atoms with Crippen molar-refractivity contribution in [2.24, 2.45) is 0 Å². The van der Waals surface area contributed by atoms with Crippen molar-refractivity contribution >= 4 is 39.8 Å². The zero-order chi connectivity index (χ0) is 14.8. The second-order valence-corrected chi connectivity index (χ2v) is 5.77. The standard InChI is InChI=1S/C16H15Cl2N3/c1-2-15(10-3-5-13(17)14(18)8-10)20-12-4-6-16-11(7-12)9-19-21-16/h3-9,15,20H,2H2,1H3,(H,19,21). The summed E-state index contributed by atoms with van der Waals surface area (Å²) in [4.78, 5) is 0. The van der Waals surface area contributed by atoms with Crippen LogP contribution >= 0.6 is 23.2 Å². The minimum Gasteiger partial charge on any atom is -0.378 e. The summed E-state index contributed by atoms with van der Waals surface area (Å²) in [6.07, 6.45) is 2.77. The molecule has 21 heavy (non-hydrogen) atoms. The highest BCUT2D eigenvalue weighted by Crippen LogP contribution is 2.29. The number of rotatable bonds is 4. The molecule has 0 spiro atoms. The Balaban J connectivity index is 1.87. The van der Waals surface area contributed by atoms with Crippen LogP contribution in [0.2, 0.25) is 10.0 Å². The van der Waals surface area contributed by atoms with Gasteiger partial charge in [0, 0.05) is 11.1 Å². The molecule has 0 fully saturated rings. The molecule has 2 N–H and O–H groups in total.